The lowest BCUT2D eigenvalue weighted by molar-refractivity contribution is -0.128. The fourth-order valence-electron chi connectivity index (χ4n) is 4.41. The molecule has 5 rings (SSSR count). The van der Waals surface area contributed by atoms with E-state index in [4.69, 9.17) is 4.74 Å². The number of morpholine rings is 1. The zero-order valence-corrected chi connectivity index (χ0v) is 20.7. The molecule has 2 aliphatic rings. The first-order chi connectivity index (χ1) is 17.1. The van der Waals surface area contributed by atoms with Gasteiger partial charge in [0.15, 0.2) is 5.16 Å². The smallest absolute Gasteiger partial charge is 0.233 e. The molecule has 0 aliphatic carbocycles. The maximum Gasteiger partial charge on any atom is 0.233 e. The third-order valence-corrected chi connectivity index (χ3v) is 7.26. The van der Waals surface area contributed by atoms with Crippen molar-refractivity contribution in [2.24, 2.45) is 0 Å². The molecule has 2 fully saturated rings. The minimum atomic E-state index is 0.104. The number of aromatic nitrogens is 3. The highest BCUT2D eigenvalue weighted by Gasteiger charge is 2.25. The number of phenolic OH excluding ortho intramolecular Hbond substituents is 1. The van der Waals surface area contributed by atoms with Gasteiger partial charge in [-0.05, 0) is 48.9 Å². The number of amides is 1. The topological polar surface area (TPSA) is 87.0 Å². The molecular formula is C25H30N6O3S. The lowest BCUT2D eigenvalue weighted by Gasteiger charge is -2.36. The Balaban J connectivity index is 1.26. The average Bonchev–Trinajstić information content (AvgIpc) is 3.32. The van der Waals surface area contributed by atoms with Gasteiger partial charge in [-0.15, -0.1) is 10.2 Å². The van der Waals surface area contributed by atoms with E-state index in [9.17, 15) is 9.90 Å². The summed E-state index contributed by atoms with van der Waals surface area (Å²) in [5.74, 6) is 1.46. The Hall–Kier alpha value is -3.24. The van der Waals surface area contributed by atoms with E-state index in [1.54, 1.807) is 12.1 Å². The predicted octanol–water partition coefficient (Wildman–Crippen LogP) is 2.56. The van der Waals surface area contributed by atoms with Crippen LogP contribution in [0.25, 0.3) is 5.69 Å². The van der Waals surface area contributed by atoms with Crippen LogP contribution in [-0.2, 0) is 9.53 Å². The van der Waals surface area contributed by atoms with E-state index in [2.05, 4.69) is 49.7 Å². The fourth-order valence-corrected chi connectivity index (χ4v) is 5.26. The standard InChI is InChI=1S/C25H30N6O3S/c1-19-3-2-4-21(17-19)31-24(30-13-15-34-16-14-30)26-27-25(31)35-18-23(33)29-11-9-28(10-12-29)20-5-7-22(32)8-6-20/h2-8,17,32H,9-16,18H2,1H3. The lowest BCUT2D eigenvalue weighted by atomic mass is 10.2. The number of carbonyl (C=O) groups excluding carboxylic acids is 1. The molecule has 2 aliphatic heterocycles. The maximum absolute atomic E-state index is 13.0. The van der Waals surface area contributed by atoms with Crippen LogP contribution in [0, 0.1) is 6.92 Å². The molecule has 35 heavy (non-hydrogen) atoms. The van der Waals surface area contributed by atoms with E-state index in [-0.39, 0.29) is 11.7 Å². The number of anilines is 2. The number of hydrogen-bond acceptors (Lipinski definition) is 8. The zero-order chi connectivity index (χ0) is 24.2. The summed E-state index contributed by atoms with van der Waals surface area (Å²) in [5, 5.41) is 19.2. The Morgan fingerprint density at radius 2 is 1.69 bits per heavy atom. The molecule has 0 spiro atoms. The average molecular weight is 495 g/mol. The number of phenols is 1. The Morgan fingerprint density at radius 3 is 2.40 bits per heavy atom. The van der Waals surface area contributed by atoms with Crippen LogP contribution in [-0.4, -0.2) is 88.9 Å². The second-order valence-corrected chi connectivity index (χ2v) is 9.67. The highest BCUT2D eigenvalue weighted by atomic mass is 32.2. The fraction of sp³-hybridized carbons (Fsp3) is 0.400. The van der Waals surface area contributed by atoms with Crippen LogP contribution in [0.5, 0.6) is 5.75 Å². The summed E-state index contributed by atoms with van der Waals surface area (Å²) in [6.45, 7) is 7.79. The van der Waals surface area contributed by atoms with Crippen molar-refractivity contribution in [3.63, 3.8) is 0 Å². The van der Waals surface area contributed by atoms with Gasteiger partial charge in [0.05, 0.1) is 24.7 Å². The maximum atomic E-state index is 13.0. The Bertz CT molecular complexity index is 1150. The number of aromatic hydroxyl groups is 1. The van der Waals surface area contributed by atoms with E-state index in [0.29, 0.717) is 37.2 Å². The van der Waals surface area contributed by atoms with E-state index in [0.717, 1.165) is 49.1 Å². The molecule has 2 aromatic carbocycles. The molecule has 10 heteroatoms. The van der Waals surface area contributed by atoms with Gasteiger partial charge in [0, 0.05) is 45.0 Å². The number of carbonyl (C=O) groups is 1. The Morgan fingerprint density at radius 1 is 0.943 bits per heavy atom. The first kappa shape index (κ1) is 23.5. The molecule has 1 amide bonds. The van der Waals surface area contributed by atoms with Crippen molar-refractivity contribution < 1.29 is 14.6 Å². The first-order valence-electron chi connectivity index (χ1n) is 11.9. The molecule has 1 aromatic heterocycles. The number of benzene rings is 2. The van der Waals surface area contributed by atoms with Crippen molar-refractivity contribution >= 4 is 29.3 Å². The summed E-state index contributed by atoms with van der Waals surface area (Å²) in [6.07, 6.45) is 0. The van der Waals surface area contributed by atoms with Crippen molar-refractivity contribution in [2.45, 2.75) is 12.1 Å². The van der Waals surface area contributed by atoms with Gasteiger partial charge in [-0.3, -0.25) is 9.36 Å². The third kappa shape index (κ3) is 5.38. The van der Waals surface area contributed by atoms with Crippen LogP contribution < -0.4 is 9.80 Å². The molecule has 0 unspecified atom stereocenters. The van der Waals surface area contributed by atoms with Crippen molar-refractivity contribution in [1.29, 1.82) is 0 Å². The Kier molecular flexibility index (Phi) is 7.10. The molecular weight excluding hydrogens is 464 g/mol. The molecule has 9 nitrogen and oxygen atoms in total. The van der Waals surface area contributed by atoms with Gasteiger partial charge in [-0.2, -0.15) is 0 Å². The number of piperazine rings is 1. The van der Waals surface area contributed by atoms with E-state index in [1.165, 1.54) is 11.8 Å². The second-order valence-electron chi connectivity index (χ2n) is 8.73. The summed E-state index contributed by atoms with van der Waals surface area (Å²) in [4.78, 5) is 19.4. The van der Waals surface area contributed by atoms with Crippen molar-refractivity contribution in [2.75, 3.05) is 68.0 Å². The van der Waals surface area contributed by atoms with Crippen LogP contribution >= 0.6 is 11.8 Å². The Labute approximate surface area is 209 Å². The lowest BCUT2D eigenvalue weighted by Crippen LogP contribution is -2.49. The molecule has 0 radical (unpaired) electrons. The molecule has 2 saturated heterocycles. The highest BCUT2D eigenvalue weighted by molar-refractivity contribution is 7.99. The number of nitrogens with zero attached hydrogens (tertiary/aromatic N) is 6. The number of aryl methyl sites for hydroxylation is 1. The van der Waals surface area contributed by atoms with Crippen LogP contribution in [0.4, 0.5) is 11.6 Å². The van der Waals surface area contributed by atoms with Crippen LogP contribution in [0.15, 0.2) is 53.7 Å². The normalized spacial score (nSPS) is 16.5. The van der Waals surface area contributed by atoms with E-state index < -0.39 is 0 Å². The molecule has 0 saturated carbocycles. The number of rotatable bonds is 6. The zero-order valence-electron chi connectivity index (χ0n) is 19.8. The van der Waals surface area contributed by atoms with Gasteiger partial charge in [0.25, 0.3) is 0 Å². The summed E-state index contributed by atoms with van der Waals surface area (Å²) < 4.78 is 7.57. The number of ether oxygens (including phenoxy) is 1. The molecule has 1 N–H and O–H groups in total. The summed E-state index contributed by atoms with van der Waals surface area (Å²) >= 11 is 1.43. The van der Waals surface area contributed by atoms with Crippen molar-refractivity contribution in [1.82, 2.24) is 19.7 Å². The quantitative estimate of drug-likeness (QED) is 0.524. The second kappa shape index (κ2) is 10.6. The third-order valence-electron chi connectivity index (χ3n) is 6.34. The van der Waals surface area contributed by atoms with Crippen molar-refractivity contribution in [3.8, 4) is 11.4 Å². The van der Waals surface area contributed by atoms with E-state index >= 15 is 0 Å². The summed E-state index contributed by atoms with van der Waals surface area (Å²) in [5.41, 5.74) is 3.21. The van der Waals surface area contributed by atoms with Crippen LogP contribution in [0.3, 0.4) is 0 Å². The highest BCUT2D eigenvalue weighted by Crippen LogP contribution is 2.28. The van der Waals surface area contributed by atoms with Gasteiger partial charge in [-0.1, -0.05) is 23.9 Å². The van der Waals surface area contributed by atoms with Gasteiger partial charge in [-0.25, -0.2) is 0 Å². The molecule has 3 aromatic rings. The predicted molar refractivity (Wildman–Crippen MR) is 137 cm³/mol. The minimum absolute atomic E-state index is 0.104. The summed E-state index contributed by atoms with van der Waals surface area (Å²) in [6, 6.07) is 15.5. The van der Waals surface area contributed by atoms with Crippen molar-refractivity contribution in [3.05, 3.63) is 54.1 Å². The number of hydrogen-bond donors (Lipinski definition) is 1. The minimum Gasteiger partial charge on any atom is -0.508 e. The van der Waals surface area contributed by atoms with Gasteiger partial charge < -0.3 is 24.5 Å². The molecule has 0 atom stereocenters. The van der Waals surface area contributed by atoms with Gasteiger partial charge in [0.2, 0.25) is 11.9 Å². The van der Waals surface area contributed by atoms with Crippen LogP contribution in [0.1, 0.15) is 5.56 Å². The monoisotopic (exact) mass is 494 g/mol. The first-order valence-corrected chi connectivity index (χ1v) is 12.9. The largest absolute Gasteiger partial charge is 0.508 e. The van der Waals surface area contributed by atoms with Gasteiger partial charge >= 0.3 is 0 Å². The van der Waals surface area contributed by atoms with Crippen LogP contribution in [0.2, 0.25) is 0 Å². The molecule has 0 bridgehead atoms. The molecule has 184 valence electrons. The molecule has 3 heterocycles. The van der Waals surface area contributed by atoms with E-state index in [1.807, 2.05) is 23.1 Å². The SMILES string of the molecule is Cc1cccc(-n2c(SCC(=O)N3CCN(c4ccc(O)cc4)CC3)nnc2N2CCOCC2)c1. The van der Waals surface area contributed by atoms with Gasteiger partial charge in [0.1, 0.15) is 5.75 Å². The summed E-state index contributed by atoms with van der Waals surface area (Å²) in [7, 11) is 0. The number of thioether (sulfide) groups is 1.